The van der Waals surface area contributed by atoms with Crippen molar-refractivity contribution in [1.82, 2.24) is 0 Å². The van der Waals surface area contributed by atoms with Crippen molar-refractivity contribution in [2.75, 3.05) is 0 Å². The largest absolute Gasteiger partial charge is 0.639 e. The van der Waals surface area contributed by atoms with E-state index >= 15 is 0 Å². The third kappa shape index (κ3) is 9.40. The molecule has 0 aliphatic rings. The van der Waals surface area contributed by atoms with Crippen LogP contribution in [0.15, 0.2) is 12.2 Å². The maximum absolute atomic E-state index is 13.0. The van der Waals surface area contributed by atoms with Crippen molar-refractivity contribution < 1.29 is 25.7 Å². The predicted molar refractivity (Wildman–Crippen MR) is 165 cm³/mol. The molecular weight excluding hydrogens is 537 g/mol. The van der Waals surface area contributed by atoms with Gasteiger partial charge in [-0.25, -0.2) is 4.79 Å². The van der Waals surface area contributed by atoms with Crippen LogP contribution in [0.2, 0.25) is 67.0 Å². The Balaban J connectivity index is 7.39. The van der Waals surface area contributed by atoms with Crippen molar-refractivity contribution >= 4 is 48.5 Å². The first kappa shape index (κ1) is 36.1. The van der Waals surface area contributed by atoms with Gasteiger partial charge in [-0.15, -0.1) is 0 Å². The van der Waals surface area contributed by atoms with Crippen molar-refractivity contribution in [3.05, 3.63) is 12.2 Å². The molecule has 0 fully saturated rings. The third-order valence-corrected chi connectivity index (χ3v) is 30.1. The van der Waals surface area contributed by atoms with Gasteiger partial charge in [0.2, 0.25) is 0 Å². The van der Waals surface area contributed by atoms with E-state index in [4.69, 9.17) is 20.9 Å². The van der Waals surface area contributed by atoms with E-state index in [1.807, 2.05) is 0 Å². The molecule has 0 amide bonds. The van der Waals surface area contributed by atoms with Gasteiger partial charge in [-0.3, -0.25) is 0 Å². The number of hydrogen-bond donors (Lipinski definition) is 0. The van der Waals surface area contributed by atoms with Crippen LogP contribution in [0.25, 0.3) is 0 Å². The van der Waals surface area contributed by atoms with Gasteiger partial charge in [-0.05, 0) is 62.8 Å². The van der Waals surface area contributed by atoms with E-state index in [0.717, 1.165) is 36.3 Å². The molecule has 0 aliphatic heterocycles. The molecule has 0 radical (unpaired) electrons. The van der Waals surface area contributed by atoms with E-state index in [-0.39, 0.29) is 11.1 Å². The molecule has 11 heteroatoms. The Labute approximate surface area is 229 Å². The third-order valence-electron chi connectivity index (χ3n) is 7.47. The summed E-state index contributed by atoms with van der Waals surface area (Å²) in [5.41, 5.74) is 0.329. The highest BCUT2D eigenvalue weighted by Gasteiger charge is 2.64. The summed E-state index contributed by atoms with van der Waals surface area (Å²) >= 11 is 0. The normalized spacial score (nSPS) is 14.0. The topological polar surface area (TPSA) is 63.2 Å². The molecule has 0 rings (SSSR count). The Morgan fingerprint density at radius 1 is 0.667 bits per heavy atom. The summed E-state index contributed by atoms with van der Waals surface area (Å²) in [6.07, 6.45) is 0. The molecule has 0 heterocycles. The van der Waals surface area contributed by atoms with Gasteiger partial charge in [0.25, 0.3) is 0 Å². The van der Waals surface area contributed by atoms with E-state index in [2.05, 4.69) is 95.5 Å². The first-order valence-corrected chi connectivity index (χ1v) is 26.2. The number of hydrogen-bond acceptors (Lipinski definition) is 6. The first-order chi connectivity index (χ1) is 16.4. The zero-order valence-electron chi connectivity index (χ0n) is 26.1. The Hall–Kier alpha value is 0.134. The Morgan fingerprint density at radius 2 is 1.00 bits per heavy atom. The van der Waals surface area contributed by atoms with Gasteiger partial charge in [0.15, 0.2) is 25.0 Å². The van der Waals surface area contributed by atoms with Crippen molar-refractivity contribution in [2.24, 2.45) is 0 Å². The number of carbonyl (C=O) groups excluding carboxylic acids is 1. The molecule has 0 spiro atoms. The van der Waals surface area contributed by atoms with Crippen LogP contribution in [0.4, 0.5) is 0 Å². The van der Waals surface area contributed by atoms with Gasteiger partial charge >= 0.3 is 23.6 Å². The minimum absolute atomic E-state index is 0.0213. The highest BCUT2D eigenvalue weighted by atomic mass is 28.5. The molecule has 36 heavy (non-hydrogen) atoms. The minimum Gasteiger partial charge on any atom is -0.491 e. The van der Waals surface area contributed by atoms with Gasteiger partial charge in [0, 0.05) is 16.7 Å². The predicted octanol–water partition coefficient (Wildman–Crippen LogP) is 8.72. The second-order valence-electron chi connectivity index (χ2n) is 11.7. The summed E-state index contributed by atoms with van der Waals surface area (Å²) in [6, 6.07) is 5.74. The quantitative estimate of drug-likeness (QED) is 0.117. The lowest BCUT2D eigenvalue weighted by Gasteiger charge is -2.49. The highest BCUT2D eigenvalue weighted by molar-refractivity contribution is 6.92. The molecule has 0 aromatic carbocycles. The smallest absolute Gasteiger partial charge is 0.491 e. The van der Waals surface area contributed by atoms with E-state index in [0.29, 0.717) is 5.57 Å². The lowest BCUT2D eigenvalue weighted by atomic mass is 10.4. The van der Waals surface area contributed by atoms with Crippen LogP contribution in [-0.2, 0) is 25.7 Å². The summed E-state index contributed by atoms with van der Waals surface area (Å²) in [4.78, 5) is 13.0. The first-order valence-electron chi connectivity index (χ1n) is 14.1. The molecule has 0 saturated heterocycles. The van der Waals surface area contributed by atoms with Gasteiger partial charge in [-0.1, -0.05) is 75.8 Å². The fourth-order valence-electron chi connectivity index (χ4n) is 4.55. The van der Waals surface area contributed by atoms with Crippen LogP contribution in [-0.4, -0.2) is 48.5 Å². The van der Waals surface area contributed by atoms with Crippen molar-refractivity contribution in [3.8, 4) is 0 Å². The van der Waals surface area contributed by atoms with E-state index in [1.54, 1.807) is 6.92 Å². The molecule has 0 atom stereocenters. The maximum Gasteiger partial charge on any atom is 0.639 e. The van der Waals surface area contributed by atoms with Gasteiger partial charge < -0.3 is 20.9 Å². The summed E-state index contributed by atoms with van der Waals surface area (Å²) in [7, 11) is -13.7. The molecule has 0 aromatic heterocycles. The molecule has 0 aliphatic carbocycles. The minimum atomic E-state index is -3.75. The SMILES string of the molecule is C=C(C)C(=O)O[Si](O[Si](O[Si](C)(C)C)(O[Si](CC)(CC)CC)O[Si](CC)(CC)CC)(C(C)C)C(C)C. The Bertz CT molecular complexity index is 653. The highest BCUT2D eigenvalue weighted by Crippen LogP contribution is 2.42. The lowest BCUT2D eigenvalue weighted by Crippen LogP contribution is -2.70. The number of carbonyl (C=O) groups is 1. The maximum atomic E-state index is 13.0. The summed E-state index contributed by atoms with van der Waals surface area (Å²) in [5.74, 6) is -0.407. The van der Waals surface area contributed by atoms with Gasteiger partial charge in [0.1, 0.15) is 0 Å². The van der Waals surface area contributed by atoms with Crippen LogP contribution < -0.4 is 0 Å². The summed E-state index contributed by atoms with van der Waals surface area (Å²) in [5, 5.41) is 0. The van der Waals surface area contributed by atoms with Crippen molar-refractivity contribution in [1.29, 1.82) is 0 Å². The zero-order valence-corrected chi connectivity index (χ0v) is 31.1. The zero-order chi connectivity index (χ0) is 28.6. The van der Waals surface area contributed by atoms with Crippen LogP contribution in [0.5, 0.6) is 0 Å². The molecule has 0 bridgehead atoms. The average molecular weight is 595 g/mol. The fraction of sp³-hybridized carbons (Fsp3) is 0.880. The molecule has 214 valence electrons. The van der Waals surface area contributed by atoms with Crippen molar-refractivity contribution in [2.45, 2.75) is 143 Å². The van der Waals surface area contributed by atoms with Gasteiger partial charge in [-0.2, -0.15) is 0 Å². The molecule has 0 N–H and O–H groups in total. The van der Waals surface area contributed by atoms with Crippen LogP contribution in [0.3, 0.4) is 0 Å². The van der Waals surface area contributed by atoms with Crippen LogP contribution in [0.1, 0.15) is 76.2 Å². The lowest BCUT2D eigenvalue weighted by molar-refractivity contribution is -0.132. The molecular formula is C25H58O6Si5. The van der Waals surface area contributed by atoms with Crippen molar-refractivity contribution in [3.63, 3.8) is 0 Å². The Morgan fingerprint density at radius 3 is 1.22 bits per heavy atom. The standard InChI is InChI=1S/C25H58O6Si5/c1-16-33(17-2,18-3)29-36(28-32(13,14)15,30-34(19-4,20-5)21-6)31-35(23(9)10,24(11)12)27-25(26)22(7)8/h23-24H,7,16-21H2,1-6,8-15H3. The fourth-order valence-corrected chi connectivity index (χ4v) is 27.4. The van der Waals surface area contributed by atoms with Crippen LogP contribution in [0, 0.1) is 0 Å². The van der Waals surface area contributed by atoms with Gasteiger partial charge in [0.05, 0.1) is 0 Å². The van der Waals surface area contributed by atoms with E-state index < -0.39 is 48.5 Å². The summed E-state index contributed by atoms with van der Waals surface area (Å²) in [6.45, 7) is 33.7. The second-order valence-corrected chi connectivity index (χ2v) is 33.1. The molecule has 6 nitrogen and oxygen atoms in total. The second kappa shape index (κ2) is 14.5. The average Bonchev–Trinajstić information content (AvgIpc) is 2.79. The molecule has 0 unspecified atom stereocenters. The molecule has 0 saturated carbocycles. The monoisotopic (exact) mass is 594 g/mol. The molecule has 0 aromatic rings. The van der Waals surface area contributed by atoms with E-state index in [1.165, 1.54) is 0 Å². The summed E-state index contributed by atoms with van der Waals surface area (Å²) < 4.78 is 35.3. The number of rotatable bonds is 18. The Kier molecular flexibility index (Phi) is 14.6. The van der Waals surface area contributed by atoms with Crippen LogP contribution >= 0.6 is 0 Å². The van der Waals surface area contributed by atoms with E-state index in [9.17, 15) is 4.79 Å².